The zero-order chi connectivity index (χ0) is 20.8. The predicted octanol–water partition coefficient (Wildman–Crippen LogP) is 2.38. The minimum Gasteiger partial charge on any atom is -0.333 e. The van der Waals surface area contributed by atoms with Gasteiger partial charge in [0.05, 0.1) is 11.7 Å². The Bertz CT molecular complexity index is 945. The molecule has 8 nitrogen and oxygen atoms in total. The molecule has 0 spiro atoms. The molecular formula is C21H28N6O2. The number of carbonyl (C=O) groups excluding carboxylic acids is 2. The second-order valence-electron chi connectivity index (χ2n) is 8.96. The first-order valence-corrected chi connectivity index (χ1v) is 10.2. The van der Waals surface area contributed by atoms with Crippen molar-refractivity contribution in [2.75, 3.05) is 13.1 Å². The van der Waals surface area contributed by atoms with Gasteiger partial charge in [0, 0.05) is 55.8 Å². The Morgan fingerprint density at radius 1 is 1.24 bits per heavy atom. The quantitative estimate of drug-likeness (QED) is 0.841. The molecule has 2 amide bonds. The highest BCUT2D eigenvalue weighted by Gasteiger charge is 2.32. The van der Waals surface area contributed by atoms with Gasteiger partial charge in [0.15, 0.2) is 5.82 Å². The van der Waals surface area contributed by atoms with Crippen LogP contribution in [-0.2, 0) is 23.2 Å². The maximum atomic E-state index is 12.9. The zero-order valence-electron chi connectivity index (χ0n) is 17.5. The molecule has 1 saturated heterocycles. The number of aromatic amines is 1. The topological polar surface area (TPSA) is 95.1 Å². The van der Waals surface area contributed by atoms with E-state index in [1.165, 1.54) is 0 Å². The van der Waals surface area contributed by atoms with Crippen LogP contribution >= 0.6 is 0 Å². The third kappa shape index (κ3) is 3.75. The number of carbonyl (C=O) groups is 2. The van der Waals surface area contributed by atoms with E-state index in [0.29, 0.717) is 25.2 Å². The largest absolute Gasteiger partial charge is 0.333 e. The zero-order valence-corrected chi connectivity index (χ0v) is 17.5. The highest BCUT2D eigenvalue weighted by atomic mass is 16.2. The van der Waals surface area contributed by atoms with Crippen LogP contribution in [0.4, 0.5) is 0 Å². The molecule has 0 aliphatic carbocycles. The molecule has 1 fully saturated rings. The van der Waals surface area contributed by atoms with Gasteiger partial charge in [-0.3, -0.25) is 14.7 Å². The smallest absolute Gasteiger partial charge is 0.274 e. The molecule has 0 bridgehead atoms. The van der Waals surface area contributed by atoms with Gasteiger partial charge in [-0.1, -0.05) is 20.8 Å². The second-order valence-corrected chi connectivity index (χ2v) is 8.96. The summed E-state index contributed by atoms with van der Waals surface area (Å²) in [4.78, 5) is 37.7. The van der Waals surface area contributed by atoms with Crippen molar-refractivity contribution in [3.63, 3.8) is 0 Å². The number of amides is 2. The van der Waals surface area contributed by atoms with E-state index in [4.69, 9.17) is 4.98 Å². The van der Waals surface area contributed by atoms with Crippen LogP contribution in [0.3, 0.4) is 0 Å². The van der Waals surface area contributed by atoms with Crippen LogP contribution in [0, 0.1) is 0 Å². The SMILES string of the molecule is CC(=O)N1CCC[C@@H]1c1ncc2c(n1)CCN(C(=O)c1cc(C(C)(C)C)[nH]n1)C2. The van der Waals surface area contributed by atoms with Crippen LogP contribution in [0.15, 0.2) is 12.3 Å². The van der Waals surface area contributed by atoms with Crippen molar-refractivity contribution in [2.45, 2.75) is 65.0 Å². The van der Waals surface area contributed by atoms with E-state index in [2.05, 4.69) is 36.0 Å². The molecule has 0 saturated carbocycles. The molecule has 154 valence electrons. The van der Waals surface area contributed by atoms with Gasteiger partial charge in [0.2, 0.25) is 5.91 Å². The van der Waals surface area contributed by atoms with Crippen LogP contribution in [0.1, 0.15) is 79.8 Å². The molecule has 2 aliphatic rings. The molecule has 0 unspecified atom stereocenters. The minimum atomic E-state index is -0.0851. The average molecular weight is 396 g/mol. The standard InChI is InChI=1S/C21H28N6O2/c1-13(28)27-8-5-6-17(27)19-22-11-14-12-26(9-7-15(14)23-19)20(29)16-10-18(25-24-16)21(2,3)4/h10-11,17H,5-9,12H2,1-4H3,(H,24,25)/t17-/m1/s1. The number of H-pyrrole nitrogens is 1. The number of hydrogen-bond acceptors (Lipinski definition) is 5. The monoisotopic (exact) mass is 396 g/mol. The fourth-order valence-corrected chi connectivity index (χ4v) is 4.06. The molecule has 1 atom stereocenters. The highest BCUT2D eigenvalue weighted by Crippen LogP contribution is 2.31. The van der Waals surface area contributed by atoms with E-state index in [1.807, 2.05) is 17.2 Å². The number of hydrogen-bond donors (Lipinski definition) is 1. The molecule has 4 rings (SSSR count). The summed E-state index contributed by atoms with van der Waals surface area (Å²) in [5.74, 6) is 0.711. The van der Waals surface area contributed by atoms with Crippen LogP contribution < -0.4 is 0 Å². The Morgan fingerprint density at radius 2 is 2.03 bits per heavy atom. The molecule has 29 heavy (non-hydrogen) atoms. The summed E-state index contributed by atoms with van der Waals surface area (Å²) in [5, 5.41) is 7.20. The fourth-order valence-electron chi connectivity index (χ4n) is 4.06. The molecule has 0 aromatic carbocycles. The van der Waals surface area contributed by atoms with E-state index < -0.39 is 0 Å². The third-order valence-corrected chi connectivity index (χ3v) is 5.80. The van der Waals surface area contributed by atoms with E-state index in [0.717, 1.165) is 42.2 Å². The molecule has 2 aromatic rings. The van der Waals surface area contributed by atoms with Crippen molar-refractivity contribution < 1.29 is 9.59 Å². The number of nitrogens with zero attached hydrogens (tertiary/aromatic N) is 5. The Hall–Kier alpha value is -2.77. The van der Waals surface area contributed by atoms with E-state index in [1.54, 1.807) is 11.8 Å². The summed E-state index contributed by atoms with van der Waals surface area (Å²) in [5.41, 5.74) is 3.24. The number of aromatic nitrogens is 4. The highest BCUT2D eigenvalue weighted by molar-refractivity contribution is 5.92. The molecule has 1 N–H and O–H groups in total. The van der Waals surface area contributed by atoms with Gasteiger partial charge in [-0.15, -0.1) is 0 Å². The van der Waals surface area contributed by atoms with Crippen molar-refractivity contribution in [2.24, 2.45) is 0 Å². The third-order valence-electron chi connectivity index (χ3n) is 5.80. The maximum Gasteiger partial charge on any atom is 0.274 e. The molecule has 2 aliphatic heterocycles. The van der Waals surface area contributed by atoms with Crippen molar-refractivity contribution in [3.05, 3.63) is 40.7 Å². The van der Waals surface area contributed by atoms with Crippen molar-refractivity contribution in [1.29, 1.82) is 0 Å². The van der Waals surface area contributed by atoms with Crippen LogP contribution in [0.2, 0.25) is 0 Å². The molecule has 4 heterocycles. The summed E-state index contributed by atoms with van der Waals surface area (Å²) in [6.45, 7) is 9.69. The van der Waals surface area contributed by atoms with E-state index in [9.17, 15) is 9.59 Å². The lowest BCUT2D eigenvalue weighted by Crippen LogP contribution is -2.37. The normalized spacial score (nSPS) is 19.4. The first-order chi connectivity index (χ1) is 13.7. The predicted molar refractivity (Wildman–Crippen MR) is 107 cm³/mol. The minimum absolute atomic E-state index is 0.0302. The summed E-state index contributed by atoms with van der Waals surface area (Å²) in [6, 6.07) is 1.81. The lowest BCUT2D eigenvalue weighted by Gasteiger charge is -2.29. The second kappa shape index (κ2) is 7.24. The Morgan fingerprint density at radius 3 is 2.72 bits per heavy atom. The van der Waals surface area contributed by atoms with Gasteiger partial charge in [-0.25, -0.2) is 9.97 Å². The van der Waals surface area contributed by atoms with Gasteiger partial charge in [-0.05, 0) is 18.9 Å². The summed E-state index contributed by atoms with van der Waals surface area (Å²) < 4.78 is 0. The number of fused-ring (bicyclic) bond motifs is 1. The van der Waals surface area contributed by atoms with Gasteiger partial charge < -0.3 is 9.80 Å². The lowest BCUT2D eigenvalue weighted by molar-refractivity contribution is -0.129. The lowest BCUT2D eigenvalue weighted by atomic mass is 9.92. The molecule has 8 heteroatoms. The number of likely N-dealkylation sites (tertiary alicyclic amines) is 1. The van der Waals surface area contributed by atoms with E-state index in [-0.39, 0.29) is 23.3 Å². The summed E-state index contributed by atoms with van der Waals surface area (Å²) in [7, 11) is 0. The summed E-state index contributed by atoms with van der Waals surface area (Å²) in [6.07, 6.45) is 4.38. The van der Waals surface area contributed by atoms with Crippen molar-refractivity contribution in [1.82, 2.24) is 30.0 Å². The molecule has 0 radical (unpaired) electrons. The van der Waals surface area contributed by atoms with Crippen LogP contribution in [-0.4, -0.2) is 54.9 Å². The number of nitrogens with one attached hydrogen (secondary N) is 1. The molecule has 2 aromatic heterocycles. The first kappa shape index (κ1) is 19.5. The maximum absolute atomic E-state index is 12.9. The van der Waals surface area contributed by atoms with Gasteiger partial charge in [0.1, 0.15) is 5.69 Å². The Kier molecular flexibility index (Phi) is 4.88. The number of rotatable bonds is 2. The van der Waals surface area contributed by atoms with Crippen molar-refractivity contribution >= 4 is 11.8 Å². The fraction of sp³-hybridized carbons (Fsp3) is 0.571. The van der Waals surface area contributed by atoms with Gasteiger partial charge >= 0.3 is 0 Å². The average Bonchev–Trinajstić information content (AvgIpc) is 3.36. The van der Waals surface area contributed by atoms with Gasteiger partial charge in [0.25, 0.3) is 5.91 Å². The molecular weight excluding hydrogens is 368 g/mol. The van der Waals surface area contributed by atoms with Crippen molar-refractivity contribution in [3.8, 4) is 0 Å². The van der Waals surface area contributed by atoms with Gasteiger partial charge in [-0.2, -0.15) is 5.10 Å². The first-order valence-electron chi connectivity index (χ1n) is 10.2. The summed E-state index contributed by atoms with van der Waals surface area (Å²) >= 11 is 0. The Balaban J connectivity index is 1.50. The van der Waals surface area contributed by atoms with E-state index >= 15 is 0 Å². The van der Waals surface area contributed by atoms with Crippen LogP contribution in [0.25, 0.3) is 0 Å². The Labute approximate surface area is 170 Å². The van der Waals surface area contributed by atoms with Crippen LogP contribution in [0.5, 0.6) is 0 Å².